The first-order chi connectivity index (χ1) is 8.41. The van der Waals surface area contributed by atoms with Crippen molar-refractivity contribution in [2.75, 3.05) is 0 Å². The first kappa shape index (κ1) is 13.9. The van der Waals surface area contributed by atoms with Crippen molar-refractivity contribution in [3.8, 4) is 0 Å². The van der Waals surface area contributed by atoms with Crippen molar-refractivity contribution >= 4 is 11.6 Å². The van der Waals surface area contributed by atoms with Gasteiger partial charge in [0.2, 0.25) is 0 Å². The number of rotatable bonds is 2. The topological polar surface area (TPSA) is 43.8 Å². The molecule has 4 heteroatoms. The van der Waals surface area contributed by atoms with Gasteiger partial charge >= 0.3 is 0 Å². The highest BCUT2D eigenvalue weighted by Gasteiger charge is 2.30. The van der Waals surface area contributed by atoms with Gasteiger partial charge in [-0.25, -0.2) is 0 Å². The Kier molecular flexibility index (Phi) is 4.02. The van der Waals surface area contributed by atoms with Crippen LogP contribution in [0, 0.1) is 12.8 Å². The van der Waals surface area contributed by atoms with Crippen molar-refractivity contribution in [1.82, 2.24) is 9.78 Å². The molecule has 1 heterocycles. The zero-order chi connectivity index (χ0) is 13.3. The van der Waals surface area contributed by atoms with Crippen molar-refractivity contribution < 1.29 is 0 Å². The van der Waals surface area contributed by atoms with Gasteiger partial charge in [-0.1, -0.05) is 31.4 Å². The molecule has 0 radical (unpaired) electrons. The van der Waals surface area contributed by atoms with Gasteiger partial charge in [0, 0.05) is 18.2 Å². The fourth-order valence-corrected chi connectivity index (χ4v) is 3.25. The van der Waals surface area contributed by atoms with Gasteiger partial charge in [0.05, 0.1) is 5.69 Å². The monoisotopic (exact) mass is 269 g/mol. The Hall–Kier alpha value is -0.540. The van der Waals surface area contributed by atoms with Gasteiger partial charge in [0.1, 0.15) is 5.15 Å². The molecule has 3 nitrogen and oxygen atoms in total. The van der Waals surface area contributed by atoms with Gasteiger partial charge in [-0.05, 0) is 38.5 Å². The third-order valence-electron chi connectivity index (χ3n) is 4.31. The lowest BCUT2D eigenvalue weighted by Gasteiger charge is -2.28. The molecule has 0 aliphatic heterocycles. The predicted octanol–water partition coefficient (Wildman–Crippen LogP) is 3.22. The molecule has 2 rings (SSSR count). The summed E-state index contributed by atoms with van der Waals surface area (Å²) in [7, 11) is 1.89. The minimum atomic E-state index is -0.0950. The van der Waals surface area contributed by atoms with E-state index in [1.54, 1.807) is 4.68 Å². The van der Waals surface area contributed by atoms with Crippen LogP contribution in [-0.4, -0.2) is 15.3 Å². The van der Waals surface area contributed by atoms with Crippen LogP contribution in [0.15, 0.2) is 0 Å². The molecule has 18 heavy (non-hydrogen) atoms. The molecule has 1 saturated carbocycles. The molecule has 1 aromatic rings. The number of hydrogen-bond donors (Lipinski definition) is 1. The van der Waals surface area contributed by atoms with E-state index in [2.05, 4.69) is 12.0 Å². The molecule has 2 unspecified atom stereocenters. The average Bonchev–Trinajstić information content (AvgIpc) is 2.48. The highest BCUT2D eigenvalue weighted by atomic mass is 35.5. The molecule has 2 N–H and O–H groups in total. The van der Waals surface area contributed by atoms with Crippen LogP contribution in [0.25, 0.3) is 0 Å². The van der Waals surface area contributed by atoms with Crippen molar-refractivity contribution in [3.63, 3.8) is 0 Å². The van der Waals surface area contributed by atoms with Crippen LogP contribution < -0.4 is 5.73 Å². The van der Waals surface area contributed by atoms with Gasteiger partial charge in [0.15, 0.2) is 0 Å². The van der Waals surface area contributed by atoms with E-state index in [1.165, 1.54) is 19.3 Å². The van der Waals surface area contributed by atoms with Gasteiger partial charge in [-0.15, -0.1) is 0 Å². The Morgan fingerprint density at radius 3 is 2.78 bits per heavy atom. The van der Waals surface area contributed by atoms with E-state index >= 15 is 0 Å². The van der Waals surface area contributed by atoms with Gasteiger partial charge in [-0.3, -0.25) is 4.68 Å². The van der Waals surface area contributed by atoms with E-state index in [0.717, 1.165) is 41.6 Å². The normalized spacial score (nSPS) is 29.3. The summed E-state index contributed by atoms with van der Waals surface area (Å²) in [6, 6.07) is 0. The second kappa shape index (κ2) is 5.22. The summed E-state index contributed by atoms with van der Waals surface area (Å²) in [5.41, 5.74) is 8.66. The lowest BCUT2D eigenvalue weighted by atomic mass is 9.85. The summed E-state index contributed by atoms with van der Waals surface area (Å²) in [6.07, 6.45) is 6.82. The van der Waals surface area contributed by atoms with Gasteiger partial charge in [-0.2, -0.15) is 5.10 Å². The Morgan fingerprint density at radius 2 is 2.17 bits per heavy atom. The smallest absolute Gasteiger partial charge is 0.130 e. The van der Waals surface area contributed by atoms with Crippen molar-refractivity contribution in [3.05, 3.63) is 16.4 Å². The SMILES string of the molecule is Cc1nn(C)c(Cl)c1CC1(N)CCCC(C)CC1. The molecule has 1 aliphatic rings. The Balaban J connectivity index is 2.16. The van der Waals surface area contributed by atoms with Crippen LogP contribution in [0.3, 0.4) is 0 Å². The molecule has 1 fully saturated rings. The number of hydrogen-bond acceptors (Lipinski definition) is 2. The maximum Gasteiger partial charge on any atom is 0.130 e. The number of aromatic nitrogens is 2. The fraction of sp³-hybridized carbons (Fsp3) is 0.786. The molecule has 0 aromatic carbocycles. The second-order valence-electron chi connectivity index (χ2n) is 6.05. The van der Waals surface area contributed by atoms with Crippen LogP contribution in [0.1, 0.15) is 50.3 Å². The van der Waals surface area contributed by atoms with E-state index in [9.17, 15) is 0 Å². The van der Waals surface area contributed by atoms with Gasteiger partial charge < -0.3 is 5.73 Å². The quantitative estimate of drug-likeness (QED) is 0.838. The predicted molar refractivity (Wildman–Crippen MR) is 75.8 cm³/mol. The number of nitrogens with two attached hydrogens (primary N) is 1. The van der Waals surface area contributed by atoms with Crippen LogP contribution in [0.4, 0.5) is 0 Å². The maximum atomic E-state index is 6.60. The Labute approximate surface area is 115 Å². The molecule has 0 saturated heterocycles. The summed E-state index contributed by atoms with van der Waals surface area (Å²) in [4.78, 5) is 0. The van der Waals surface area contributed by atoms with Crippen LogP contribution in [-0.2, 0) is 13.5 Å². The van der Waals surface area contributed by atoms with Crippen molar-refractivity contribution in [1.29, 1.82) is 0 Å². The molecule has 0 bridgehead atoms. The van der Waals surface area contributed by atoms with Crippen LogP contribution >= 0.6 is 11.6 Å². The molecule has 1 aromatic heterocycles. The zero-order valence-electron chi connectivity index (χ0n) is 11.7. The average molecular weight is 270 g/mol. The van der Waals surface area contributed by atoms with E-state index in [-0.39, 0.29) is 5.54 Å². The lowest BCUT2D eigenvalue weighted by molar-refractivity contribution is 0.362. The second-order valence-corrected chi connectivity index (χ2v) is 6.41. The maximum absolute atomic E-state index is 6.60. The molecule has 0 amide bonds. The first-order valence-electron chi connectivity index (χ1n) is 6.88. The number of nitrogens with zero attached hydrogens (tertiary/aromatic N) is 2. The fourth-order valence-electron chi connectivity index (χ4n) is 3.01. The van der Waals surface area contributed by atoms with Gasteiger partial charge in [0.25, 0.3) is 0 Å². The minimum absolute atomic E-state index is 0.0950. The highest BCUT2D eigenvalue weighted by Crippen LogP contribution is 2.33. The lowest BCUT2D eigenvalue weighted by Crippen LogP contribution is -2.41. The molecule has 0 spiro atoms. The van der Waals surface area contributed by atoms with E-state index < -0.39 is 0 Å². The van der Waals surface area contributed by atoms with Crippen molar-refractivity contribution in [2.45, 2.75) is 57.9 Å². The Morgan fingerprint density at radius 1 is 1.44 bits per heavy atom. The summed E-state index contributed by atoms with van der Waals surface area (Å²) in [5.74, 6) is 0.806. The standard InChI is InChI=1S/C14H24ClN3/c1-10-5-4-7-14(16,8-6-10)9-12-11(2)17-18(3)13(12)15/h10H,4-9,16H2,1-3H3. The van der Waals surface area contributed by atoms with E-state index in [0.29, 0.717) is 0 Å². The third-order valence-corrected chi connectivity index (χ3v) is 4.78. The number of halogens is 1. The highest BCUT2D eigenvalue weighted by molar-refractivity contribution is 6.30. The molecule has 102 valence electrons. The first-order valence-corrected chi connectivity index (χ1v) is 7.26. The molecule has 2 atom stereocenters. The Bertz CT molecular complexity index is 427. The molecular weight excluding hydrogens is 246 g/mol. The van der Waals surface area contributed by atoms with Crippen LogP contribution in [0.2, 0.25) is 5.15 Å². The zero-order valence-corrected chi connectivity index (χ0v) is 12.4. The van der Waals surface area contributed by atoms with E-state index in [4.69, 9.17) is 17.3 Å². The van der Waals surface area contributed by atoms with E-state index in [1.807, 2.05) is 14.0 Å². The summed E-state index contributed by atoms with van der Waals surface area (Å²) >= 11 is 6.31. The summed E-state index contributed by atoms with van der Waals surface area (Å²) < 4.78 is 1.74. The third kappa shape index (κ3) is 2.89. The number of aryl methyl sites for hydroxylation is 2. The van der Waals surface area contributed by atoms with Crippen LogP contribution in [0.5, 0.6) is 0 Å². The summed E-state index contributed by atoms with van der Waals surface area (Å²) in [5, 5.41) is 5.12. The minimum Gasteiger partial charge on any atom is -0.325 e. The largest absolute Gasteiger partial charge is 0.325 e. The summed E-state index contributed by atoms with van der Waals surface area (Å²) in [6.45, 7) is 4.35. The molecule has 1 aliphatic carbocycles. The molecular formula is C14H24ClN3. The van der Waals surface area contributed by atoms with Crippen molar-refractivity contribution in [2.24, 2.45) is 18.7 Å².